The van der Waals surface area contributed by atoms with Crippen LogP contribution in [0, 0.1) is 6.92 Å². The molecule has 0 aromatic heterocycles. The molecule has 0 unspecified atom stereocenters. The van der Waals surface area contributed by atoms with Crippen molar-refractivity contribution in [2.75, 3.05) is 0 Å². The average Bonchev–Trinajstić information content (AvgIpc) is 2.30. The second-order valence-electron chi connectivity index (χ2n) is 4.02. The number of rotatable bonds is 2. The number of carbonyl (C=O) groups is 1. The Hall–Kier alpha value is -2.00. The number of hydrogen-bond donors (Lipinski definition) is 2. The van der Waals surface area contributed by atoms with E-state index in [2.05, 4.69) is 0 Å². The van der Waals surface area contributed by atoms with Crippen LogP contribution in [0.25, 0.3) is 11.1 Å². The monoisotopic (exact) mass is 262 g/mol. The van der Waals surface area contributed by atoms with Gasteiger partial charge in [0.15, 0.2) is 0 Å². The maximum atomic E-state index is 10.8. The molecule has 18 heavy (non-hydrogen) atoms. The molecule has 0 saturated heterocycles. The summed E-state index contributed by atoms with van der Waals surface area (Å²) in [7, 11) is 0. The predicted molar refractivity (Wildman–Crippen MR) is 70.2 cm³/mol. The van der Waals surface area contributed by atoms with Crippen molar-refractivity contribution in [1.82, 2.24) is 0 Å². The summed E-state index contributed by atoms with van der Waals surface area (Å²) in [6.07, 6.45) is 0. The molecule has 0 heterocycles. The van der Waals surface area contributed by atoms with E-state index in [0.717, 1.165) is 5.56 Å². The molecule has 4 heteroatoms. The molecule has 0 radical (unpaired) electrons. The Morgan fingerprint density at radius 3 is 2.33 bits per heavy atom. The van der Waals surface area contributed by atoms with Crippen molar-refractivity contribution in [3.8, 4) is 16.9 Å². The third-order valence-corrected chi connectivity index (χ3v) is 2.97. The minimum absolute atomic E-state index is 0.0412. The molecule has 0 amide bonds. The van der Waals surface area contributed by atoms with Gasteiger partial charge in [-0.2, -0.15) is 0 Å². The fraction of sp³-hybridized carbons (Fsp3) is 0.0714. The molecule has 0 bridgehead atoms. The number of carboxylic acids is 1. The van der Waals surface area contributed by atoms with Crippen LogP contribution < -0.4 is 0 Å². The first kappa shape index (κ1) is 12.5. The lowest BCUT2D eigenvalue weighted by Gasteiger charge is -2.08. The van der Waals surface area contributed by atoms with E-state index in [9.17, 15) is 9.90 Å². The molecule has 0 spiro atoms. The van der Waals surface area contributed by atoms with Crippen molar-refractivity contribution in [3.63, 3.8) is 0 Å². The highest BCUT2D eigenvalue weighted by atomic mass is 35.5. The van der Waals surface area contributed by atoms with E-state index >= 15 is 0 Å². The summed E-state index contributed by atoms with van der Waals surface area (Å²) in [6, 6.07) is 9.68. The molecule has 2 rings (SSSR count). The molecule has 2 aromatic carbocycles. The highest BCUT2D eigenvalue weighted by Gasteiger charge is 2.11. The van der Waals surface area contributed by atoms with Crippen molar-refractivity contribution in [1.29, 1.82) is 0 Å². The molecule has 0 aliphatic carbocycles. The molecule has 0 aliphatic rings. The van der Waals surface area contributed by atoms with E-state index in [1.807, 2.05) is 13.0 Å². The van der Waals surface area contributed by atoms with Crippen LogP contribution in [-0.2, 0) is 0 Å². The fourth-order valence-electron chi connectivity index (χ4n) is 1.73. The van der Waals surface area contributed by atoms with Gasteiger partial charge in [-0.1, -0.05) is 23.7 Å². The van der Waals surface area contributed by atoms with Crippen molar-refractivity contribution < 1.29 is 15.0 Å². The molecule has 0 fully saturated rings. The van der Waals surface area contributed by atoms with Gasteiger partial charge in [-0.05, 0) is 36.8 Å². The van der Waals surface area contributed by atoms with Crippen LogP contribution in [0.15, 0.2) is 36.4 Å². The van der Waals surface area contributed by atoms with Gasteiger partial charge in [0.25, 0.3) is 0 Å². The summed E-state index contributed by atoms with van der Waals surface area (Å²) in [5.74, 6) is -1.17. The van der Waals surface area contributed by atoms with E-state index in [1.165, 1.54) is 12.1 Å². The number of aromatic hydroxyl groups is 1. The van der Waals surface area contributed by atoms with Crippen LogP contribution in [0.5, 0.6) is 5.75 Å². The predicted octanol–water partition coefficient (Wildman–Crippen LogP) is 3.72. The highest BCUT2D eigenvalue weighted by Crippen LogP contribution is 2.35. The van der Waals surface area contributed by atoms with Crippen LogP contribution in [0.4, 0.5) is 0 Å². The minimum Gasteiger partial charge on any atom is -0.507 e. The van der Waals surface area contributed by atoms with E-state index in [1.54, 1.807) is 18.2 Å². The van der Waals surface area contributed by atoms with Crippen molar-refractivity contribution in [2.45, 2.75) is 6.92 Å². The van der Waals surface area contributed by atoms with Crippen molar-refractivity contribution in [3.05, 3.63) is 52.5 Å². The molecule has 3 nitrogen and oxygen atoms in total. The molecular weight excluding hydrogens is 252 g/mol. The number of phenols is 1. The molecule has 0 saturated carbocycles. The van der Waals surface area contributed by atoms with Gasteiger partial charge in [-0.25, -0.2) is 4.79 Å². The quantitative estimate of drug-likeness (QED) is 0.867. The highest BCUT2D eigenvalue weighted by molar-refractivity contribution is 6.33. The first-order chi connectivity index (χ1) is 8.49. The van der Waals surface area contributed by atoms with Crippen LogP contribution in [0.1, 0.15) is 15.9 Å². The zero-order chi connectivity index (χ0) is 13.3. The van der Waals surface area contributed by atoms with Crippen LogP contribution >= 0.6 is 11.6 Å². The van der Waals surface area contributed by atoms with E-state index < -0.39 is 5.97 Å². The Balaban J connectivity index is 2.54. The largest absolute Gasteiger partial charge is 0.507 e. The van der Waals surface area contributed by atoms with E-state index in [-0.39, 0.29) is 11.3 Å². The van der Waals surface area contributed by atoms with Gasteiger partial charge in [0.1, 0.15) is 5.75 Å². The number of carboxylic acid groups (broad SMARTS) is 1. The van der Waals surface area contributed by atoms with Crippen LogP contribution in [0.3, 0.4) is 0 Å². The summed E-state index contributed by atoms with van der Waals surface area (Å²) < 4.78 is 0. The Labute approximate surface area is 109 Å². The number of phenolic OH excluding ortho intramolecular Hbond substituents is 1. The number of aryl methyl sites for hydroxylation is 1. The normalized spacial score (nSPS) is 10.3. The average molecular weight is 263 g/mol. The first-order valence-electron chi connectivity index (χ1n) is 5.32. The standard InChI is InChI=1S/C14H11ClO3/c1-8-2-4-10(12(15)6-8)11-5-3-9(14(17)18)7-13(11)16/h2-7,16H,1H3,(H,17,18). The second-order valence-corrected chi connectivity index (χ2v) is 4.43. The van der Waals surface area contributed by atoms with Gasteiger partial charge in [-0.15, -0.1) is 0 Å². The zero-order valence-electron chi connectivity index (χ0n) is 9.64. The van der Waals surface area contributed by atoms with Gasteiger partial charge in [-0.3, -0.25) is 0 Å². The Bertz CT molecular complexity index is 620. The van der Waals surface area contributed by atoms with Gasteiger partial charge in [0.05, 0.1) is 5.56 Å². The zero-order valence-corrected chi connectivity index (χ0v) is 10.4. The minimum atomic E-state index is -1.08. The van der Waals surface area contributed by atoms with Gasteiger partial charge in [0, 0.05) is 16.1 Å². The number of benzene rings is 2. The number of halogens is 1. The summed E-state index contributed by atoms with van der Waals surface area (Å²) in [5.41, 5.74) is 2.26. The topological polar surface area (TPSA) is 57.5 Å². The SMILES string of the molecule is Cc1ccc(-c2ccc(C(=O)O)cc2O)c(Cl)c1. The molecule has 2 aromatic rings. The lowest BCUT2D eigenvalue weighted by Crippen LogP contribution is -1.95. The Morgan fingerprint density at radius 2 is 1.78 bits per heavy atom. The van der Waals surface area contributed by atoms with Crippen LogP contribution in [0.2, 0.25) is 5.02 Å². The summed E-state index contributed by atoms with van der Waals surface area (Å²) in [5, 5.41) is 19.2. The third-order valence-electron chi connectivity index (χ3n) is 2.66. The smallest absolute Gasteiger partial charge is 0.335 e. The van der Waals surface area contributed by atoms with Crippen molar-refractivity contribution in [2.24, 2.45) is 0 Å². The molecule has 2 N–H and O–H groups in total. The van der Waals surface area contributed by atoms with Crippen molar-refractivity contribution >= 4 is 17.6 Å². The number of aromatic carboxylic acids is 1. The lowest BCUT2D eigenvalue weighted by atomic mass is 10.0. The molecule has 0 atom stereocenters. The summed E-state index contributed by atoms with van der Waals surface area (Å²) in [4.78, 5) is 10.8. The first-order valence-corrected chi connectivity index (χ1v) is 5.69. The summed E-state index contributed by atoms with van der Waals surface area (Å²) >= 11 is 6.11. The number of hydrogen-bond acceptors (Lipinski definition) is 2. The van der Waals surface area contributed by atoms with Gasteiger partial charge >= 0.3 is 5.97 Å². The van der Waals surface area contributed by atoms with Crippen LogP contribution in [-0.4, -0.2) is 16.2 Å². The second kappa shape index (κ2) is 4.70. The maximum absolute atomic E-state index is 10.8. The van der Waals surface area contributed by atoms with E-state index in [0.29, 0.717) is 16.1 Å². The Kier molecular flexibility index (Phi) is 3.26. The van der Waals surface area contributed by atoms with Gasteiger partial charge in [0.2, 0.25) is 0 Å². The lowest BCUT2D eigenvalue weighted by molar-refractivity contribution is 0.0696. The Morgan fingerprint density at radius 1 is 1.11 bits per heavy atom. The van der Waals surface area contributed by atoms with E-state index in [4.69, 9.17) is 16.7 Å². The molecule has 0 aliphatic heterocycles. The van der Waals surface area contributed by atoms with Gasteiger partial charge < -0.3 is 10.2 Å². The summed E-state index contributed by atoms with van der Waals surface area (Å²) in [6.45, 7) is 1.92. The molecule has 92 valence electrons. The fourth-order valence-corrected chi connectivity index (χ4v) is 2.07. The maximum Gasteiger partial charge on any atom is 0.335 e. The third kappa shape index (κ3) is 2.31. The molecular formula is C14H11ClO3.